The van der Waals surface area contributed by atoms with Crippen LogP contribution in [-0.2, 0) is 32.2 Å². The van der Waals surface area contributed by atoms with E-state index in [1.165, 1.54) is 29.9 Å². The summed E-state index contributed by atoms with van der Waals surface area (Å²) < 4.78 is 22.5. The summed E-state index contributed by atoms with van der Waals surface area (Å²) in [6.45, 7) is 1.84. The molecule has 1 aliphatic heterocycles. The number of carbonyl (C=O) groups is 2. The summed E-state index contributed by atoms with van der Waals surface area (Å²) in [7, 11) is 1.29. The molecule has 12 heteroatoms. The van der Waals surface area contributed by atoms with Crippen LogP contribution in [0.15, 0.2) is 41.2 Å². The maximum atomic E-state index is 13.4. The molecule has 0 saturated heterocycles. The number of rotatable bonds is 7. The fourth-order valence-corrected chi connectivity index (χ4v) is 4.77. The zero-order valence-corrected chi connectivity index (χ0v) is 20.7. The molecule has 0 saturated carbocycles. The minimum atomic E-state index is -0.628. The summed E-state index contributed by atoms with van der Waals surface area (Å²) in [5, 5.41) is 11.5. The molecule has 0 fully saturated rings. The minimum absolute atomic E-state index is 0.0290. The van der Waals surface area contributed by atoms with Crippen molar-refractivity contribution in [3.63, 3.8) is 0 Å². The fraction of sp³-hybridized carbons (Fsp3) is 0.240. The van der Waals surface area contributed by atoms with Crippen molar-refractivity contribution in [2.24, 2.45) is 0 Å². The Bertz CT molecular complexity index is 1540. The molecule has 0 spiro atoms. The Labute approximate surface area is 213 Å². The lowest BCUT2D eigenvalue weighted by atomic mass is 10.1. The smallest absolute Gasteiger partial charge is 0.337 e. The van der Waals surface area contributed by atoms with Crippen LogP contribution in [-0.4, -0.2) is 41.9 Å². The number of carbonyl (C=O) groups excluding carboxylic acids is 2. The zero-order valence-electron chi connectivity index (χ0n) is 19.9. The molecule has 0 aliphatic carbocycles. The van der Waals surface area contributed by atoms with E-state index in [0.29, 0.717) is 37.2 Å². The van der Waals surface area contributed by atoms with E-state index in [4.69, 9.17) is 18.9 Å². The predicted molar refractivity (Wildman–Crippen MR) is 133 cm³/mol. The van der Waals surface area contributed by atoms with E-state index in [9.17, 15) is 24.5 Å². The predicted octanol–water partition coefficient (Wildman–Crippen LogP) is 1.69. The van der Waals surface area contributed by atoms with Crippen molar-refractivity contribution in [2.45, 2.75) is 20.1 Å². The lowest BCUT2D eigenvalue weighted by Gasteiger charge is -2.20. The van der Waals surface area contributed by atoms with Crippen molar-refractivity contribution in [3.8, 4) is 5.75 Å². The largest absolute Gasteiger partial charge is 0.467 e. The van der Waals surface area contributed by atoms with Gasteiger partial charge in [-0.15, -0.1) is 11.3 Å². The van der Waals surface area contributed by atoms with Gasteiger partial charge in [0.25, 0.3) is 11.2 Å². The highest BCUT2D eigenvalue weighted by Crippen LogP contribution is 2.32. The van der Waals surface area contributed by atoms with Gasteiger partial charge >= 0.3 is 11.9 Å². The van der Waals surface area contributed by atoms with Gasteiger partial charge in [0.05, 0.1) is 48.0 Å². The van der Waals surface area contributed by atoms with Crippen LogP contribution in [0.1, 0.15) is 34.0 Å². The Morgan fingerprint density at radius 3 is 2.68 bits per heavy atom. The number of nitro groups is 1. The van der Waals surface area contributed by atoms with Crippen molar-refractivity contribution in [2.75, 3.05) is 20.5 Å². The number of ether oxygens (including phenoxy) is 4. The Balaban J connectivity index is 1.84. The molecule has 0 amide bonds. The van der Waals surface area contributed by atoms with Crippen molar-refractivity contribution in [1.82, 2.24) is 4.57 Å². The first kappa shape index (κ1) is 25.8. The lowest BCUT2D eigenvalue weighted by molar-refractivity contribution is -0.385. The van der Waals surface area contributed by atoms with Crippen LogP contribution >= 0.6 is 11.3 Å². The van der Waals surface area contributed by atoms with Crippen LogP contribution in [0.2, 0.25) is 0 Å². The average molecular weight is 527 g/mol. The Morgan fingerprint density at radius 2 is 2.00 bits per heavy atom. The van der Waals surface area contributed by atoms with Crippen molar-refractivity contribution < 1.29 is 33.5 Å². The van der Waals surface area contributed by atoms with E-state index in [0.717, 1.165) is 11.3 Å². The van der Waals surface area contributed by atoms with Crippen LogP contribution in [0.5, 0.6) is 5.75 Å². The Hall–Kier alpha value is -4.29. The number of hydrogen-bond donors (Lipinski definition) is 0. The third-order valence-electron chi connectivity index (χ3n) is 5.40. The van der Waals surface area contributed by atoms with Crippen LogP contribution < -0.4 is 19.5 Å². The van der Waals surface area contributed by atoms with Gasteiger partial charge < -0.3 is 18.9 Å². The van der Waals surface area contributed by atoms with Gasteiger partial charge in [-0.2, -0.15) is 0 Å². The molecule has 1 aromatic heterocycles. The first-order chi connectivity index (χ1) is 17.8. The normalized spacial score (nSPS) is 13.6. The van der Waals surface area contributed by atoms with Gasteiger partial charge in [-0.05, 0) is 30.7 Å². The molecule has 2 heterocycles. The third-order valence-corrected chi connectivity index (χ3v) is 6.46. The number of fused-ring (bicyclic) bond motifs is 1. The van der Waals surface area contributed by atoms with E-state index in [1.807, 2.05) is 0 Å². The molecule has 0 unspecified atom stereocenters. The molecule has 0 N–H and O–H groups in total. The molecule has 0 atom stereocenters. The van der Waals surface area contributed by atoms with Gasteiger partial charge in [0.2, 0.25) is 0 Å². The standard InChI is InChI=1S/C25H22N2O9S/c1-3-35-22(28)11-21-26(12-17-9-19(27(31)32)10-18-13-34-14-36-23(17)18)24(29)20(37-21)8-15-4-6-16(7-5-15)25(30)33-2/h4-11H,3,12-14H2,1-2H3. The van der Waals surface area contributed by atoms with Crippen LogP contribution in [0, 0.1) is 10.1 Å². The molecule has 4 rings (SSSR count). The number of hydrogen-bond acceptors (Lipinski definition) is 10. The maximum absolute atomic E-state index is 13.4. The van der Waals surface area contributed by atoms with Crippen molar-refractivity contribution >= 4 is 41.1 Å². The number of thiazole rings is 1. The molecule has 0 bridgehead atoms. The lowest BCUT2D eigenvalue weighted by Crippen LogP contribution is -2.32. The van der Waals surface area contributed by atoms with Crippen LogP contribution in [0.4, 0.5) is 5.69 Å². The highest BCUT2D eigenvalue weighted by atomic mass is 32.1. The summed E-state index contributed by atoms with van der Waals surface area (Å²) >= 11 is 1.06. The number of nitro benzene ring substituents is 1. The number of benzene rings is 2. The number of nitrogens with zero attached hydrogens (tertiary/aromatic N) is 2. The summed E-state index contributed by atoms with van der Waals surface area (Å²) in [6, 6.07) is 9.19. The van der Waals surface area contributed by atoms with Gasteiger partial charge in [0.15, 0.2) is 6.79 Å². The molecular weight excluding hydrogens is 504 g/mol. The van der Waals surface area contributed by atoms with E-state index in [-0.39, 0.29) is 32.2 Å². The monoisotopic (exact) mass is 526 g/mol. The van der Waals surface area contributed by atoms with Crippen LogP contribution in [0.3, 0.4) is 0 Å². The van der Waals surface area contributed by atoms with Gasteiger partial charge in [-0.3, -0.25) is 19.5 Å². The average Bonchev–Trinajstić information content (AvgIpc) is 3.17. The molecule has 1 aliphatic rings. The number of aromatic nitrogens is 1. The topological polar surface area (TPSA) is 136 Å². The molecule has 3 aromatic rings. The second-order valence-corrected chi connectivity index (χ2v) is 8.87. The van der Waals surface area contributed by atoms with Crippen molar-refractivity contribution in [1.29, 1.82) is 0 Å². The van der Waals surface area contributed by atoms with E-state index in [2.05, 4.69) is 0 Å². The quantitative estimate of drug-likeness (QED) is 0.256. The van der Waals surface area contributed by atoms with Crippen molar-refractivity contribution in [3.05, 3.63) is 88.3 Å². The van der Waals surface area contributed by atoms with E-state index < -0.39 is 22.4 Å². The highest BCUT2D eigenvalue weighted by Gasteiger charge is 2.22. The molecule has 192 valence electrons. The second kappa shape index (κ2) is 11.2. The fourth-order valence-electron chi connectivity index (χ4n) is 3.74. The van der Waals surface area contributed by atoms with Crippen LogP contribution in [0.25, 0.3) is 12.2 Å². The van der Waals surface area contributed by atoms with Gasteiger partial charge in [0, 0.05) is 23.3 Å². The Morgan fingerprint density at radius 1 is 1.24 bits per heavy atom. The molecular formula is C25H22N2O9S. The first-order valence-electron chi connectivity index (χ1n) is 11.1. The number of non-ortho nitro benzene ring substituents is 1. The molecule has 37 heavy (non-hydrogen) atoms. The maximum Gasteiger partial charge on any atom is 0.337 e. The second-order valence-electron chi connectivity index (χ2n) is 7.81. The third kappa shape index (κ3) is 5.76. The summed E-state index contributed by atoms with van der Waals surface area (Å²) in [6.07, 6.45) is 2.83. The van der Waals surface area contributed by atoms with E-state index >= 15 is 0 Å². The van der Waals surface area contributed by atoms with Gasteiger partial charge in [-0.25, -0.2) is 9.59 Å². The zero-order chi connectivity index (χ0) is 26.5. The van der Waals surface area contributed by atoms with Gasteiger partial charge in [0.1, 0.15) is 10.4 Å². The molecule has 2 aromatic carbocycles. The summed E-state index contributed by atoms with van der Waals surface area (Å²) in [5.74, 6) is -0.706. The molecule has 11 nitrogen and oxygen atoms in total. The number of methoxy groups -OCH3 is 1. The summed E-state index contributed by atoms with van der Waals surface area (Å²) in [5.41, 5.74) is 1.32. The highest BCUT2D eigenvalue weighted by molar-refractivity contribution is 7.07. The first-order valence-corrected chi connectivity index (χ1v) is 11.9. The molecule has 0 radical (unpaired) electrons. The SMILES string of the molecule is CCOC(=O)C=c1sc(=Cc2ccc(C(=O)OC)cc2)c(=O)n1Cc1cc([N+](=O)[O-])cc2c1OCOC2. The van der Waals surface area contributed by atoms with Gasteiger partial charge in [-0.1, -0.05) is 12.1 Å². The number of esters is 2. The van der Waals surface area contributed by atoms with E-state index in [1.54, 1.807) is 37.3 Å². The Kier molecular flexibility index (Phi) is 7.80. The summed E-state index contributed by atoms with van der Waals surface area (Å²) in [4.78, 5) is 48.3. The minimum Gasteiger partial charge on any atom is -0.467 e.